The van der Waals surface area contributed by atoms with E-state index in [2.05, 4.69) is 10.3 Å². The second kappa shape index (κ2) is 9.29. The highest BCUT2D eigenvalue weighted by Crippen LogP contribution is 2.22. The third-order valence-corrected chi connectivity index (χ3v) is 4.90. The Morgan fingerprint density at radius 2 is 1.83 bits per heavy atom. The molecule has 2 amide bonds. The second-order valence-corrected chi connectivity index (χ2v) is 7.01. The van der Waals surface area contributed by atoms with Crippen molar-refractivity contribution in [3.05, 3.63) is 66.5 Å². The summed E-state index contributed by atoms with van der Waals surface area (Å²) >= 11 is 1.45. The van der Waals surface area contributed by atoms with Crippen LogP contribution in [0.25, 0.3) is 5.69 Å². The van der Waals surface area contributed by atoms with Gasteiger partial charge in [-0.2, -0.15) is 0 Å². The molecule has 1 N–H and O–H groups in total. The van der Waals surface area contributed by atoms with Gasteiger partial charge in [-0.3, -0.25) is 14.2 Å². The van der Waals surface area contributed by atoms with Crippen LogP contribution >= 0.6 is 11.8 Å². The molecule has 29 heavy (non-hydrogen) atoms. The fraction of sp³-hybridized carbons (Fsp3) is 0.190. The van der Waals surface area contributed by atoms with Crippen LogP contribution in [-0.4, -0.2) is 53.2 Å². The Hall–Kier alpha value is -3.26. The zero-order valence-corrected chi connectivity index (χ0v) is 17.3. The summed E-state index contributed by atoms with van der Waals surface area (Å²) in [6.07, 6.45) is 3.45. The Morgan fingerprint density at radius 3 is 2.45 bits per heavy atom. The number of likely N-dealkylation sites (N-methyl/N-ethyl adjacent to an activating group) is 1. The van der Waals surface area contributed by atoms with Gasteiger partial charge in [-0.05, 0) is 42.7 Å². The number of benzene rings is 2. The van der Waals surface area contributed by atoms with E-state index in [1.807, 2.05) is 36.6 Å². The molecule has 0 aliphatic heterocycles. The smallest absolute Gasteiger partial charge is 0.272 e. The number of carbonyl (C=O) groups is 2. The molecule has 0 spiro atoms. The van der Waals surface area contributed by atoms with Crippen LogP contribution in [0.1, 0.15) is 10.5 Å². The van der Waals surface area contributed by atoms with E-state index in [9.17, 15) is 9.59 Å². The molecule has 3 aromatic rings. The molecule has 0 fully saturated rings. The van der Waals surface area contributed by atoms with Crippen molar-refractivity contribution in [1.29, 1.82) is 0 Å². The van der Waals surface area contributed by atoms with Crippen LogP contribution in [0.3, 0.4) is 0 Å². The molecule has 150 valence electrons. The van der Waals surface area contributed by atoms with Crippen LogP contribution in [0.15, 0.2) is 66.0 Å². The first-order chi connectivity index (χ1) is 14.0. The fourth-order valence-corrected chi connectivity index (χ4v) is 3.36. The largest absolute Gasteiger partial charge is 0.497 e. The predicted molar refractivity (Wildman–Crippen MR) is 114 cm³/mol. The number of hydrogen-bond acceptors (Lipinski definition) is 5. The number of imidazole rings is 1. The van der Waals surface area contributed by atoms with Crippen molar-refractivity contribution in [2.45, 2.75) is 5.16 Å². The summed E-state index contributed by atoms with van der Waals surface area (Å²) in [6, 6.07) is 16.5. The summed E-state index contributed by atoms with van der Waals surface area (Å²) in [7, 11) is 3.17. The molecule has 0 aliphatic carbocycles. The maximum atomic E-state index is 13.0. The lowest BCUT2D eigenvalue weighted by Gasteiger charge is -2.18. The van der Waals surface area contributed by atoms with Gasteiger partial charge in [0.2, 0.25) is 5.91 Å². The molecule has 0 aliphatic rings. The van der Waals surface area contributed by atoms with Crippen LogP contribution in [0.2, 0.25) is 0 Å². The monoisotopic (exact) mass is 410 g/mol. The fourth-order valence-electron chi connectivity index (χ4n) is 2.81. The van der Waals surface area contributed by atoms with Crippen molar-refractivity contribution >= 4 is 29.3 Å². The summed E-state index contributed by atoms with van der Waals surface area (Å²) in [4.78, 5) is 31.1. The predicted octanol–water partition coefficient (Wildman–Crippen LogP) is 3.31. The van der Waals surface area contributed by atoms with Gasteiger partial charge in [-0.15, -0.1) is 0 Å². The van der Waals surface area contributed by atoms with Crippen molar-refractivity contribution in [3.63, 3.8) is 0 Å². The molecular formula is C21H22N4O3S. The number of nitrogens with zero attached hydrogens (tertiary/aromatic N) is 3. The Morgan fingerprint density at radius 1 is 1.14 bits per heavy atom. The minimum Gasteiger partial charge on any atom is -0.497 e. The number of rotatable bonds is 7. The molecule has 0 unspecified atom stereocenters. The SMILES string of the molecule is COc1ccc(NC(=O)CN(C)C(=O)c2cnc(SC)n2-c2ccccc2)cc1. The highest BCUT2D eigenvalue weighted by atomic mass is 32.2. The number of nitrogens with one attached hydrogen (secondary N) is 1. The van der Waals surface area contributed by atoms with Gasteiger partial charge in [0.1, 0.15) is 11.4 Å². The first kappa shape index (κ1) is 20.5. The number of hydrogen-bond donors (Lipinski definition) is 1. The number of para-hydroxylation sites is 1. The van der Waals surface area contributed by atoms with Gasteiger partial charge in [0.15, 0.2) is 5.16 Å². The van der Waals surface area contributed by atoms with Gasteiger partial charge in [0.25, 0.3) is 5.91 Å². The lowest BCUT2D eigenvalue weighted by atomic mass is 10.3. The highest BCUT2D eigenvalue weighted by molar-refractivity contribution is 7.98. The molecular weight excluding hydrogens is 388 g/mol. The first-order valence-corrected chi connectivity index (χ1v) is 10.1. The highest BCUT2D eigenvalue weighted by Gasteiger charge is 2.22. The van der Waals surface area contributed by atoms with E-state index in [-0.39, 0.29) is 18.4 Å². The first-order valence-electron chi connectivity index (χ1n) is 8.90. The third-order valence-electron chi connectivity index (χ3n) is 4.25. The Balaban J connectivity index is 1.73. The summed E-state index contributed by atoms with van der Waals surface area (Å²) < 4.78 is 6.90. The summed E-state index contributed by atoms with van der Waals surface area (Å²) in [5.41, 5.74) is 1.88. The minimum atomic E-state index is -0.290. The van der Waals surface area contributed by atoms with Crippen LogP contribution in [-0.2, 0) is 4.79 Å². The summed E-state index contributed by atoms with van der Waals surface area (Å²) in [5.74, 6) is 0.127. The van der Waals surface area contributed by atoms with Gasteiger partial charge >= 0.3 is 0 Å². The van der Waals surface area contributed by atoms with Crippen molar-refractivity contribution in [1.82, 2.24) is 14.5 Å². The number of amides is 2. The lowest BCUT2D eigenvalue weighted by molar-refractivity contribution is -0.116. The molecule has 8 heteroatoms. The van der Waals surface area contributed by atoms with E-state index < -0.39 is 0 Å². The lowest BCUT2D eigenvalue weighted by Crippen LogP contribution is -2.35. The van der Waals surface area contributed by atoms with E-state index in [4.69, 9.17) is 4.74 Å². The zero-order chi connectivity index (χ0) is 20.8. The number of aromatic nitrogens is 2. The standard InChI is InChI=1S/C21H22N4O3S/c1-24(14-19(26)23-15-9-11-17(28-2)12-10-15)20(27)18-13-22-21(29-3)25(18)16-7-5-4-6-8-16/h4-13H,14H2,1-3H3,(H,23,26). The van der Waals surface area contributed by atoms with E-state index in [0.29, 0.717) is 22.3 Å². The number of methoxy groups -OCH3 is 1. The molecule has 3 rings (SSSR count). The molecule has 2 aromatic carbocycles. The average molecular weight is 410 g/mol. The van der Waals surface area contributed by atoms with E-state index >= 15 is 0 Å². The van der Waals surface area contributed by atoms with Crippen molar-refractivity contribution in [3.8, 4) is 11.4 Å². The molecule has 7 nitrogen and oxygen atoms in total. The van der Waals surface area contributed by atoms with Gasteiger partial charge in [-0.25, -0.2) is 4.98 Å². The molecule has 0 bridgehead atoms. The molecule has 0 atom stereocenters. The number of ether oxygens (including phenoxy) is 1. The van der Waals surface area contributed by atoms with E-state index in [1.165, 1.54) is 16.7 Å². The van der Waals surface area contributed by atoms with Gasteiger partial charge in [-0.1, -0.05) is 30.0 Å². The Labute approximate surface area is 173 Å². The molecule has 1 aromatic heterocycles. The van der Waals surface area contributed by atoms with Gasteiger partial charge < -0.3 is 15.0 Å². The van der Waals surface area contributed by atoms with Crippen LogP contribution in [0.5, 0.6) is 5.75 Å². The van der Waals surface area contributed by atoms with Crippen molar-refractivity contribution in [2.75, 3.05) is 32.3 Å². The number of carbonyl (C=O) groups excluding carboxylic acids is 2. The van der Waals surface area contributed by atoms with Gasteiger partial charge in [0, 0.05) is 18.4 Å². The number of anilines is 1. The van der Waals surface area contributed by atoms with Crippen LogP contribution in [0.4, 0.5) is 5.69 Å². The van der Waals surface area contributed by atoms with Crippen molar-refractivity contribution in [2.24, 2.45) is 0 Å². The minimum absolute atomic E-state index is 0.0839. The normalized spacial score (nSPS) is 10.4. The molecule has 0 saturated heterocycles. The Kier molecular flexibility index (Phi) is 6.56. The topological polar surface area (TPSA) is 76.5 Å². The molecule has 1 heterocycles. The summed E-state index contributed by atoms with van der Waals surface area (Å²) in [6.45, 7) is -0.0839. The average Bonchev–Trinajstić information content (AvgIpc) is 3.18. The Bertz CT molecular complexity index is 987. The quantitative estimate of drug-likeness (QED) is 0.605. The van der Waals surface area contributed by atoms with E-state index in [0.717, 1.165) is 5.69 Å². The second-order valence-electron chi connectivity index (χ2n) is 6.24. The number of thioether (sulfide) groups is 1. The van der Waals surface area contributed by atoms with Crippen LogP contribution < -0.4 is 10.1 Å². The summed E-state index contributed by atoms with van der Waals surface area (Å²) in [5, 5.41) is 3.48. The van der Waals surface area contributed by atoms with Crippen molar-refractivity contribution < 1.29 is 14.3 Å². The van der Waals surface area contributed by atoms with Crippen LogP contribution in [0, 0.1) is 0 Å². The maximum Gasteiger partial charge on any atom is 0.272 e. The van der Waals surface area contributed by atoms with E-state index in [1.54, 1.807) is 49.2 Å². The molecule has 0 saturated carbocycles. The third kappa shape index (κ3) is 4.78. The molecule has 0 radical (unpaired) electrons. The zero-order valence-electron chi connectivity index (χ0n) is 16.5. The maximum absolute atomic E-state index is 13.0. The van der Waals surface area contributed by atoms with Gasteiger partial charge in [0.05, 0.1) is 19.9 Å².